The number of aliphatic hydroxyl groups excluding tert-OH is 4. The third-order valence-electron chi connectivity index (χ3n) is 1.15. The summed E-state index contributed by atoms with van der Waals surface area (Å²) >= 11 is 0. The SMILES string of the molecule is CC(O)CO.CC=CC(O)C(C)O. The largest absolute Gasteiger partial charge is 0.394 e. The molecule has 3 atom stereocenters. The lowest BCUT2D eigenvalue weighted by atomic mass is 10.2. The Morgan fingerprint density at radius 1 is 1.15 bits per heavy atom. The number of hydrogen-bond acceptors (Lipinski definition) is 4. The maximum absolute atomic E-state index is 8.79. The first kappa shape index (κ1) is 15.1. The molecule has 0 aliphatic rings. The number of hydrogen-bond donors (Lipinski definition) is 4. The summed E-state index contributed by atoms with van der Waals surface area (Å²) in [5, 5.41) is 33.4. The van der Waals surface area contributed by atoms with Crippen molar-refractivity contribution in [3.8, 4) is 0 Å². The van der Waals surface area contributed by atoms with Gasteiger partial charge in [-0.2, -0.15) is 0 Å². The highest BCUT2D eigenvalue weighted by molar-refractivity contribution is 4.87. The molecule has 80 valence electrons. The summed E-state index contributed by atoms with van der Waals surface area (Å²) in [6, 6.07) is 0. The Kier molecular flexibility index (Phi) is 11.2. The summed E-state index contributed by atoms with van der Waals surface area (Å²) in [6.07, 6.45) is 1.32. The molecule has 0 aliphatic carbocycles. The van der Waals surface area contributed by atoms with E-state index in [1.165, 1.54) is 6.92 Å². The van der Waals surface area contributed by atoms with Gasteiger partial charge < -0.3 is 20.4 Å². The second-order valence-corrected chi connectivity index (χ2v) is 2.79. The maximum Gasteiger partial charge on any atom is 0.0977 e. The molecule has 0 aromatic carbocycles. The van der Waals surface area contributed by atoms with E-state index < -0.39 is 18.3 Å². The summed E-state index contributed by atoms with van der Waals surface area (Å²) in [6.45, 7) is 4.73. The van der Waals surface area contributed by atoms with E-state index in [0.717, 1.165) is 0 Å². The number of rotatable bonds is 3. The predicted molar refractivity (Wildman–Crippen MR) is 51.3 cm³/mol. The Bertz CT molecular complexity index is 121. The smallest absolute Gasteiger partial charge is 0.0977 e. The normalized spacial score (nSPS) is 17.5. The zero-order valence-electron chi connectivity index (χ0n) is 8.38. The highest BCUT2D eigenvalue weighted by atomic mass is 16.3. The van der Waals surface area contributed by atoms with Crippen molar-refractivity contribution in [3.63, 3.8) is 0 Å². The highest BCUT2D eigenvalue weighted by Crippen LogP contribution is 1.91. The molecule has 0 amide bonds. The van der Waals surface area contributed by atoms with Crippen LogP contribution in [0.4, 0.5) is 0 Å². The van der Waals surface area contributed by atoms with E-state index >= 15 is 0 Å². The minimum atomic E-state index is -0.708. The molecule has 0 aromatic rings. The van der Waals surface area contributed by atoms with Gasteiger partial charge >= 0.3 is 0 Å². The van der Waals surface area contributed by atoms with Crippen LogP contribution in [0.1, 0.15) is 20.8 Å². The van der Waals surface area contributed by atoms with Crippen LogP contribution in [0.15, 0.2) is 12.2 Å². The fraction of sp³-hybridized carbons (Fsp3) is 0.778. The van der Waals surface area contributed by atoms with Gasteiger partial charge in [0.15, 0.2) is 0 Å². The van der Waals surface area contributed by atoms with Crippen molar-refractivity contribution in [1.82, 2.24) is 0 Å². The van der Waals surface area contributed by atoms with Crippen LogP contribution < -0.4 is 0 Å². The maximum atomic E-state index is 8.79. The first-order valence-corrected chi connectivity index (χ1v) is 4.23. The first-order valence-electron chi connectivity index (χ1n) is 4.23. The molecular weight excluding hydrogens is 172 g/mol. The van der Waals surface area contributed by atoms with E-state index in [4.69, 9.17) is 20.4 Å². The predicted octanol–water partition coefficient (Wildman–Crippen LogP) is -0.336. The lowest BCUT2D eigenvalue weighted by Gasteiger charge is -2.06. The lowest BCUT2D eigenvalue weighted by molar-refractivity contribution is 0.0618. The molecule has 3 unspecified atom stereocenters. The molecule has 13 heavy (non-hydrogen) atoms. The van der Waals surface area contributed by atoms with Crippen LogP contribution in [-0.2, 0) is 0 Å². The topological polar surface area (TPSA) is 80.9 Å². The standard InChI is InChI=1S/C6H12O2.C3H8O2/c1-3-4-6(8)5(2)7;1-3(5)2-4/h3-8H,1-2H3;3-5H,2H2,1H3. The summed E-state index contributed by atoms with van der Waals surface area (Å²) in [4.78, 5) is 0. The zero-order chi connectivity index (χ0) is 10.9. The second-order valence-electron chi connectivity index (χ2n) is 2.79. The van der Waals surface area contributed by atoms with Crippen LogP contribution in [0.25, 0.3) is 0 Å². The number of aliphatic hydroxyl groups is 4. The van der Waals surface area contributed by atoms with Crippen molar-refractivity contribution >= 4 is 0 Å². The molecule has 0 saturated carbocycles. The second kappa shape index (κ2) is 9.67. The molecule has 0 fully saturated rings. The Balaban J connectivity index is 0. The van der Waals surface area contributed by atoms with E-state index in [1.807, 2.05) is 0 Å². The summed E-state index contributed by atoms with van der Waals surface area (Å²) in [5.41, 5.74) is 0. The third-order valence-corrected chi connectivity index (χ3v) is 1.15. The molecule has 0 bridgehead atoms. The van der Waals surface area contributed by atoms with Crippen molar-refractivity contribution in [2.24, 2.45) is 0 Å². The van der Waals surface area contributed by atoms with Crippen molar-refractivity contribution in [1.29, 1.82) is 0 Å². The van der Waals surface area contributed by atoms with E-state index in [1.54, 1.807) is 26.0 Å². The van der Waals surface area contributed by atoms with E-state index in [9.17, 15) is 0 Å². The van der Waals surface area contributed by atoms with Gasteiger partial charge in [-0.15, -0.1) is 0 Å². The zero-order valence-corrected chi connectivity index (χ0v) is 8.38. The molecule has 4 nitrogen and oxygen atoms in total. The van der Waals surface area contributed by atoms with Gasteiger partial charge in [0, 0.05) is 0 Å². The van der Waals surface area contributed by atoms with Crippen molar-refractivity contribution in [2.45, 2.75) is 39.1 Å². The van der Waals surface area contributed by atoms with Gasteiger partial charge in [-0.3, -0.25) is 0 Å². The van der Waals surface area contributed by atoms with Gasteiger partial charge in [0.25, 0.3) is 0 Å². The van der Waals surface area contributed by atoms with Gasteiger partial charge in [-0.05, 0) is 20.8 Å². The molecule has 0 saturated heterocycles. The minimum absolute atomic E-state index is 0.139. The van der Waals surface area contributed by atoms with Crippen LogP contribution in [0, 0.1) is 0 Å². The average Bonchev–Trinajstić information content (AvgIpc) is 2.06. The molecule has 0 spiro atoms. The Morgan fingerprint density at radius 3 is 1.62 bits per heavy atom. The van der Waals surface area contributed by atoms with Crippen molar-refractivity contribution in [3.05, 3.63) is 12.2 Å². The lowest BCUT2D eigenvalue weighted by Crippen LogP contribution is -2.19. The summed E-state index contributed by atoms with van der Waals surface area (Å²) in [7, 11) is 0. The van der Waals surface area contributed by atoms with Gasteiger partial charge in [-0.25, -0.2) is 0 Å². The fourth-order valence-electron chi connectivity index (χ4n) is 0.358. The van der Waals surface area contributed by atoms with E-state index in [0.29, 0.717) is 0 Å². The van der Waals surface area contributed by atoms with Gasteiger partial charge in [0.05, 0.1) is 24.9 Å². The third kappa shape index (κ3) is 14.4. The Labute approximate surface area is 79.2 Å². The monoisotopic (exact) mass is 192 g/mol. The minimum Gasteiger partial charge on any atom is -0.394 e. The molecule has 0 aromatic heterocycles. The highest BCUT2D eigenvalue weighted by Gasteiger charge is 2.03. The van der Waals surface area contributed by atoms with E-state index in [-0.39, 0.29) is 6.61 Å². The molecular formula is C9H20O4. The molecule has 4 heteroatoms. The van der Waals surface area contributed by atoms with Crippen molar-refractivity contribution in [2.75, 3.05) is 6.61 Å². The van der Waals surface area contributed by atoms with Gasteiger partial charge in [0.2, 0.25) is 0 Å². The molecule has 0 radical (unpaired) electrons. The Morgan fingerprint density at radius 2 is 1.54 bits per heavy atom. The average molecular weight is 192 g/mol. The molecule has 0 rings (SSSR count). The molecule has 0 aliphatic heterocycles. The Hall–Kier alpha value is -0.420. The first-order chi connectivity index (χ1) is 5.95. The fourth-order valence-corrected chi connectivity index (χ4v) is 0.358. The number of allylic oxidation sites excluding steroid dienone is 1. The van der Waals surface area contributed by atoms with Gasteiger partial charge in [-0.1, -0.05) is 12.2 Å². The molecule has 4 N–H and O–H groups in total. The summed E-state index contributed by atoms with van der Waals surface area (Å²) < 4.78 is 0. The van der Waals surface area contributed by atoms with E-state index in [2.05, 4.69) is 0 Å². The quantitative estimate of drug-likeness (QED) is 0.461. The van der Waals surface area contributed by atoms with Crippen LogP contribution in [0.2, 0.25) is 0 Å². The van der Waals surface area contributed by atoms with Crippen LogP contribution in [0.5, 0.6) is 0 Å². The van der Waals surface area contributed by atoms with Gasteiger partial charge in [0.1, 0.15) is 0 Å². The van der Waals surface area contributed by atoms with Crippen LogP contribution in [0.3, 0.4) is 0 Å². The summed E-state index contributed by atoms with van der Waals surface area (Å²) in [5.74, 6) is 0. The van der Waals surface area contributed by atoms with Crippen molar-refractivity contribution < 1.29 is 20.4 Å². The van der Waals surface area contributed by atoms with Crippen LogP contribution >= 0.6 is 0 Å². The van der Waals surface area contributed by atoms with Crippen LogP contribution in [-0.4, -0.2) is 45.3 Å². The molecule has 0 heterocycles.